The largest absolute Gasteiger partial charge is 0.474 e. The van der Waals surface area contributed by atoms with Crippen LogP contribution in [0.25, 0.3) is 0 Å². The number of ether oxygens (including phenoxy) is 2. The number of nitrogens with zero attached hydrogens (tertiary/aromatic N) is 3. The van der Waals surface area contributed by atoms with Crippen molar-refractivity contribution in [3.8, 4) is 5.88 Å². The number of aryl methyl sites for hydroxylation is 3. The summed E-state index contributed by atoms with van der Waals surface area (Å²) < 4.78 is 29.8. The number of hydrogen-bond donors (Lipinski definition) is 2. The van der Waals surface area contributed by atoms with Crippen molar-refractivity contribution in [3.05, 3.63) is 34.5 Å². The minimum absolute atomic E-state index is 0.0918. The Labute approximate surface area is 181 Å². The highest BCUT2D eigenvalue weighted by atomic mass is 32.2. The molecule has 9 nitrogen and oxygen atoms in total. The van der Waals surface area contributed by atoms with Crippen molar-refractivity contribution in [2.75, 3.05) is 19.0 Å². The number of amides is 2. The Balaban J connectivity index is 1.44. The lowest BCUT2D eigenvalue weighted by molar-refractivity contribution is 0.0568. The van der Waals surface area contributed by atoms with Gasteiger partial charge in [-0.15, -0.1) is 4.36 Å². The SMILES string of the molecule is COC1CCn2ncc(S(N)(=O)=NC(=O)Nc3c4c(cc5c3CCC5)CCC4)c2OC1. The van der Waals surface area contributed by atoms with Crippen LogP contribution in [0.1, 0.15) is 41.5 Å². The van der Waals surface area contributed by atoms with E-state index in [1.807, 2.05) is 0 Å². The van der Waals surface area contributed by atoms with Crippen molar-refractivity contribution in [2.45, 2.75) is 62.5 Å². The number of urea groups is 1. The van der Waals surface area contributed by atoms with Crippen molar-refractivity contribution >= 4 is 21.6 Å². The van der Waals surface area contributed by atoms with Gasteiger partial charge in [0, 0.05) is 19.3 Å². The number of aromatic nitrogens is 2. The lowest BCUT2D eigenvalue weighted by atomic mass is 9.99. The fourth-order valence-corrected chi connectivity index (χ4v) is 5.84. The van der Waals surface area contributed by atoms with E-state index < -0.39 is 15.9 Å². The van der Waals surface area contributed by atoms with E-state index in [2.05, 4.69) is 20.8 Å². The molecule has 0 bridgehead atoms. The van der Waals surface area contributed by atoms with Gasteiger partial charge in [-0.2, -0.15) is 5.10 Å². The monoisotopic (exact) mass is 445 g/mol. The Morgan fingerprint density at radius 1 is 1.29 bits per heavy atom. The van der Waals surface area contributed by atoms with Crippen LogP contribution in [0.15, 0.2) is 21.5 Å². The maximum atomic E-state index is 13.2. The molecule has 5 rings (SSSR count). The van der Waals surface area contributed by atoms with E-state index in [1.54, 1.807) is 11.8 Å². The number of methoxy groups -OCH3 is 1. The average Bonchev–Trinajstić information content (AvgIpc) is 3.45. The zero-order chi connectivity index (χ0) is 21.6. The Morgan fingerprint density at radius 2 is 2.00 bits per heavy atom. The van der Waals surface area contributed by atoms with E-state index >= 15 is 0 Å². The van der Waals surface area contributed by atoms with Crippen LogP contribution >= 0.6 is 0 Å². The third-order valence-electron chi connectivity index (χ3n) is 6.40. The Bertz CT molecular complexity index is 1130. The maximum Gasteiger partial charge on any atom is 0.354 e. The first-order valence-corrected chi connectivity index (χ1v) is 12.3. The number of rotatable bonds is 3. The first kappa shape index (κ1) is 20.5. The molecule has 1 aromatic carbocycles. The van der Waals surface area contributed by atoms with E-state index in [9.17, 15) is 9.00 Å². The molecular weight excluding hydrogens is 418 g/mol. The van der Waals surface area contributed by atoms with Gasteiger partial charge in [-0.25, -0.2) is 18.8 Å². The second-order valence-electron chi connectivity index (χ2n) is 8.32. The fraction of sp³-hybridized carbons (Fsp3) is 0.524. The van der Waals surface area contributed by atoms with Gasteiger partial charge in [0.15, 0.2) is 9.92 Å². The summed E-state index contributed by atoms with van der Waals surface area (Å²) in [7, 11) is -1.92. The predicted octanol–water partition coefficient (Wildman–Crippen LogP) is 2.59. The molecule has 2 atom stereocenters. The Morgan fingerprint density at radius 3 is 2.68 bits per heavy atom. The minimum atomic E-state index is -3.53. The van der Waals surface area contributed by atoms with Crippen LogP contribution in [0, 0.1) is 0 Å². The van der Waals surface area contributed by atoms with Crippen LogP contribution in [-0.4, -0.2) is 39.8 Å². The minimum Gasteiger partial charge on any atom is -0.474 e. The third kappa shape index (κ3) is 3.72. The first-order chi connectivity index (χ1) is 15.0. The molecule has 0 saturated carbocycles. The molecule has 2 amide bonds. The van der Waals surface area contributed by atoms with Crippen LogP contribution in [0.3, 0.4) is 0 Å². The molecule has 3 N–H and O–H groups in total. The summed E-state index contributed by atoms with van der Waals surface area (Å²) in [5.41, 5.74) is 5.81. The van der Waals surface area contributed by atoms with Gasteiger partial charge < -0.3 is 14.8 Å². The van der Waals surface area contributed by atoms with Gasteiger partial charge in [0.25, 0.3) is 0 Å². The van der Waals surface area contributed by atoms with E-state index in [4.69, 9.17) is 14.6 Å². The van der Waals surface area contributed by atoms with Crippen molar-refractivity contribution in [2.24, 2.45) is 9.50 Å². The molecule has 1 aliphatic heterocycles. The molecule has 31 heavy (non-hydrogen) atoms. The molecule has 0 spiro atoms. The number of carbonyl (C=O) groups is 1. The number of benzene rings is 1. The average molecular weight is 446 g/mol. The van der Waals surface area contributed by atoms with Crippen molar-refractivity contribution < 1.29 is 18.5 Å². The molecule has 3 aliphatic rings. The third-order valence-corrected chi connectivity index (χ3v) is 7.75. The quantitative estimate of drug-likeness (QED) is 0.752. The highest BCUT2D eigenvalue weighted by Crippen LogP contribution is 2.38. The van der Waals surface area contributed by atoms with Crippen LogP contribution in [0.5, 0.6) is 5.88 Å². The highest BCUT2D eigenvalue weighted by molar-refractivity contribution is 7.91. The maximum absolute atomic E-state index is 13.2. The molecule has 2 heterocycles. The summed E-state index contributed by atoms with van der Waals surface area (Å²) in [5, 5.41) is 13.2. The van der Waals surface area contributed by atoms with Gasteiger partial charge in [0.2, 0.25) is 5.88 Å². The van der Waals surface area contributed by atoms with Crippen molar-refractivity contribution in [1.82, 2.24) is 9.78 Å². The van der Waals surface area contributed by atoms with Gasteiger partial charge >= 0.3 is 6.03 Å². The summed E-state index contributed by atoms with van der Waals surface area (Å²) in [6.07, 6.45) is 8.06. The molecule has 2 unspecified atom stereocenters. The summed E-state index contributed by atoms with van der Waals surface area (Å²) in [5.74, 6) is 0.282. The summed E-state index contributed by atoms with van der Waals surface area (Å²) in [4.78, 5) is 13.0. The predicted molar refractivity (Wildman–Crippen MR) is 116 cm³/mol. The molecule has 10 heteroatoms. The molecule has 1 aromatic heterocycles. The smallest absolute Gasteiger partial charge is 0.354 e. The lowest BCUT2D eigenvalue weighted by Gasteiger charge is -2.15. The van der Waals surface area contributed by atoms with Crippen molar-refractivity contribution in [3.63, 3.8) is 0 Å². The normalized spacial score (nSPS) is 21.3. The van der Waals surface area contributed by atoms with Crippen LogP contribution in [-0.2, 0) is 46.9 Å². The van der Waals surface area contributed by atoms with Gasteiger partial charge in [-0.3, -0.25) is 0 Å². The van der Waals surface area contributed by atoms with Crippen molar-refractivity contribution in [1.29, 1.82) is 0 Å². The molecule has 0 radical (unpaired) electrons. The van der Waals surface area contributed by atoms with E-state index in [1.165, 1.54) is 28.5 Å². The number of nitrogens with two attached hydrogens (primary N) is 1. The zero-order valence-electron chi connectivity index (χ0n) is 17.6. The zero-order valence-corrected chi connectivity index (χ0v) is 18.4. The topological polar surface area (TPSA) is 121 Å². The molecule has 166 valence electrons. The van der Waals surface area contributed by atoms with Gasteiger partial charge in [-0.05, 0) is 67.2 Å². The van der Waals surface area contributed by atoms with Crippen LogP contribution in [0.2, 0.25) is 0 Å². The molecule has 2 aromatic rings. The van der Waals surface area contributed by atoms with E-state index in [0.29, 0.717) is 19.6 Å². The summed E-state index contributed by atoms with van der Waals surface area (Å²) >= 11 is 0. The van der Waals surface area contributed by atoms with Gasteiger partial charge in [0.1, 0.15) is 11.5 Å². The molecular formula is C21H27N5O4S. The first-order valence-electron chi connectivity index (χ1n) is 10.7. The van der Waals surface area contributed by atoms with E-state index in [-0.39, 0.29) is 16.9 Å². The summed E-state index contributed by atoms with van der Waals surface area (Å²) in [6, 6.07) is 1.58. The number of fused-ring (bicyclic) bond motifs is 3. The standard InChI is InChI=1S/C21H27N5O4S/c1-29-15-8-9-26-20(30-12-15)18(11-23-26)31(22,28)25-21(27)24-19-16-6-2-4-13(16)10-14-5-3-7-17(14)19/h10-11,15H,2-9,12H2,1H3,(H3,22,24,25,27,28). The van der Waals surface area contributed by atoms with E-state index in [0.717, 1.165) is 44.2 Å². The number of hydrogen-bond acceptors (Lipinski definition) is 5. The van der Waals surface area contributed by atoms with Gasteiger partial charge in [-0.1, -0.05) is 6.07 Å². The highest BCUT2D eigenvalue weighted by Gasteiger charge is 2.28. The van der Waals surface area contributed by atoms with Crippen LogP contribution in [0.4, 0.5) is 10.5 Å². The molecule has 0 fully saturated rings. The van der Waals surface area contributed by atoms with Crippen LogP contribution < -0.4 is 15.2 Å². The number of nitrogens with one attached hydrogen (secondary N) is 1. The number of carbonyl (C=O) groups excluding carboxylic acids is 1. The molecule has 2 aliphatic carbocycles. The molecule has 0 saturated heterocycles. The second-order valence-corrected chi connectivity index (χ2v) is 10.1. The Kier molecular flexibility index (Phi) is 5.23. The lowest BCUT2D eigenvalue weighted by Crippen LogP contribution is -2.21. The second kappa shape index (κ2) is 7.92. The summed E-state index contributed by atoms with van der Waals surface area (Å²) in [6.45, 7) is 0.830. The number of anilines is 1. The van der Waals surface area contributed by atoms with Gasteiger partial charge in [0.05, 0.1) is 12.3 Å². The fourth-order valence-electron chi connectivity index (χ4n) is 4.84. The Hall–Kier alpha value is -2.43.